The Morgan fingerprint density at radius 2 is 1.87 bits per heavy atom. The highest BCUT2D eigenvalue weighted by Crippen LogP contribution is 2.20. The fourth-order valence-corrected chi connectivity index (χ4v) is 3.87. The lowest BCUT2D eigenvalue weighted by molar-refractivity contribution is -0.126. The maximum Gasteiger partial charge on any atom is 0.223 e. The minimum Gasteiger partial charge on any atom is -0.352 e. The summed E-state index contributed by atoms with van der Waals surface area (Å²) in [5.74, 6) is -0.134. The zero-order chi connectivity index (χ0) is 20.9. The molecule has 1 aliphatic rings. The van der Waals surface area contributed by atoms with Crippen LogP contribution in [0.2, 0.25) is 0 Å². The van der Waals surface area contributed by atoms with Gasteiger partial charge in [-0.3, -0.25) is 9.69 Å². The zero-order valence-corrected chi connectivity index (χ0v) is 17.2. The van der Waals surface area contributed by atoms with Gasteiger partial charge < -0.3 is 5.32 Å². The summed E-state index contributed by atoms with van der Waals surface area (Å²) >= 11 is 0. The van der Waals surface area contributed by atoms with Crippen LogP contribution in [0.15, 0.2) is 60.9 Å². The summed E-state index contributed by atoms with van der Waals surface area (Å²) in [6.07, 6.45) is 5.40. The number of nitrogens with one attached hydrogen (secondary N) is 1. The van der Waals surface area contributed by atoms with Crippen molar-refractivity contribution in [1.82, 2.24) is 20.0 Å². The number of piperidine rings is 1. The first-order valence-corrected chi connectivity index (χ1v) is 10.4. The molecule has 2 heterocycles. The van der Waals surface area contributed by atoms with Crippen LogP contribution >= 0.6 is 0 Å². The van der Waals surface area contributed by atoms with Gasteiger partial charge in [-0.2, -0.15) is 5.10 Å². The third-order valence-corrected chi connectivity index (χ3v) is 5.77. The summed E-state index contributed by atoms with van der Waals surface area (Å²) in [4.78, 5) is 14.9. The van der Waals surface area contributed by atoms with E-state index in [2.05, 4.69) is 39.6 Å². The van der Waals surface area contributed by atoms with Gasteiger partial charge in [0.05, 0.1) is 5.69 Å². The van der Waals surface area contributed by atoms with Crippen LogP contribution in [0, 0.1) is 18.7 Å². The van der Waals surface area contributed by atoms with E-state index in [1.54, 1.807) is 19.2 Å². The number of hydrogen-bond donors (Lipinski definition) is 1. The highest BCUT2D eigenvalue weighted by Gasteiger charge is 2.24. The minimum atomic E-state index is -0.229. The van der Waals surface area contributed by atoms with E-state index in [9.17, 15) is 9.18 Å². The number of rotatable bonds is 6. The standard InChI is InChI=1S/C24H27FN4O/c1-18-3-4-20(15-23(18)25)16-26-24(30)21-9-13-28(14-10-21)17-19-5-7-22(8-6-19)29-12-2-11-27-29/h2-8,11-12,15,21H,9-10,13-14,16-17H2,1H3,(H,26,30). The third-order valence-electron chi connectivity index (χ3n) is 5.77. The molecule has 0 aliphatic carbocycles. The molecule has 4 rings (SSSR count). The van der Waals surface area contributed by atoms with E-state index in [1.807, 2.05) is 23.0 Å². The Bertz CT molecular complexity index is 977. The predicted molar refractivity (Wildman–Crippen MR) is 115 cm³/mol. The van der Waals surface area contributed by atoms with Crippen molar-refractivity contribution >= 4 is 5.91 Å². The lowest BCUT2D eigenvalue weighted by atomic mass is 9.95. The molecule has 6 heteroatoms. The molecule has 1 fully saturated rings. The lowest BCUT2D eigenvalue weighted by Gasteiger charge is -2.31. The van der Waals surface area contributed by atoms with Crippen molar-refractivity contribution in [1.29, 1.82) is 0 Å². The van der Waals surface area contributed by atoms with Gasteiger partial charge in [-0.25, -0.2) is 9.07 Å². The van der Waals surface area contributed by atoms with E-state index in [1.165, 1.54) is 11.6 Å². The molecule has 3 aromatic rings. The van der Waals surface area contributed by atoms with Gasteiger partial charge in [0.2, 0.25) is 5.91 Å². The van der Waals surface area contributed by atoms with Crippen molar-refractivity contribution in [2.45, 2.75) is 32.9 Å². The second kappa shape index (κ2) is 9.22. The Morgan fingerprint density at radius 1 is 1.13 bits per heavy atom. The van der Waals surface area contributed by atoms with E-state index in [0.717, 1.165) is 43.7 Å². The lowest BCUT2D eigenvalue weighted by Crippen LogP contribution is -2.40. The summed E-state index contributed by atoms with van der Waals surface area (Å²) < 4.78 is 15.5. The van der Waals surface area contributed by atoms with Gasteiger partial charge in [-0.05, 0) is 73.8 Å². The normalized spacial score (nSPS) is 15.3. The maximum absolute atomic E-state index is 13.7. The number of halogens is 1. The zero-order valence-electron chi connectivity index (χ0n) is 17.2. The molecule has 5 nitrogen and oxygen atoms in total. The SMILES string of the molecule is Cc1ccc(CNC(=O)C2CCN(Cc3ccc(-n4cccn4)cc3)CC2)cc1F. The molecule has 156 valence electrons. The van der Waals surface area contributed by atoms with Crippen LogP contribution in [0.25, 0.3) is 5.69 Å². The van der Waals surface area contributed by atoms with Crippen LogP contribution in [0.3, 0.4) is 0 Å². The molecule has 1 aromatic heterocycles. The van der Waals surface area contributed by atoms with E-state index in [4.69, 9.17) is 0 Å². The number of benzene rings is 2. The van der Waals surface area contributed by atoms with E-state index >= 15 is 0 Å². The monoisotopic (exact) mass is 406 g/mol. The largest absolute Gasteiger partial charge is 0.352 e. The molecule has 0 atom stereocenters. The molecule has 1 aliphatic heterocycles. The van der Waals surface area contributed by atoms with Gasteiger partial charge in [-0.15, -0.1) is 0 Å². The molecule has 0 saturated carbocycles. The third kappa shape index (κ3) is 4.94. The molecule has 2 aromatic carbocycles. The summed E-state index contributed by atoms with van der Waals surface area (Å²) in [6, 6.07) is 15.4. The number of likely N-dealkylation sites (tertiary alicyclic amines) is 1. The number of aromatic nitrogens is 2. The van der Waals surface area contributed by atoms with Crippen molar-refractivity contribution in [2.75, 3.05) is 13.1 Å². The van der Waals surface area contributed by atoms with Crippen molar-refractivity contribution in [3.8, 4) is 5.69 Å². The van der Waals surface area contributed by atoms with E-state index in [0.29, 0.717) is 12.1 Å². The molecule has 1 saturated heterocycles. The second-order valence-corrected chi connectivity index (χ2v) is 7.97. The number of aryl methyl sites for hydroxylation is 1. The predicted octanol–water partition coefficient (Wildman–Crippen LogP) is 3.85. The van der Waals surface area contributed by atoms with Crippen LogP contribution < -0.4 is 5.32 Å². The molecular weight excluding hydrogens is 379 g/mol. The first-order chi connectivity index (χ1) is 14.6. The van der Waals surface area contributed by atoms with Crippen LogP contribution in [0.4, 0.5) is 4.39 Å². The summed E-state index contributed by atoms with van der Waals surface area (Å²) in [5, 5.41) is 7.22. The number of nitrogens with zero attached hydrogens (tertiary/aromatic N) is 3. The van der Waals surface area contributed by atoms with Gasteiger partial charge in [0, 0.05) is 31.4 Å². The van der Waals surface area contributed by atoms with Gasteiger partial charge in [0.25, 0.3) is 0 Å². The Balaban J connectivity index is 1.23. The Hall–Kier alpha value is -2.99. The quantitative estimate of drug-likeness (QED) is 0.677. The summed E-state index contributed by atoms with van der Waals surface area (Å²) in [7, 11) is 0. The molecule has 1 N–H and O–H groups in total. The average molecular weight is 407 g/mol. The van der Waals surface area contributed by atoms with E-state index < -0.39 is 0 Å². The van der Waals surface area contributed by atoms with Crippen LogP contribution in [0.1, 0.15) is 29.5 Å². The highest BCUT2D eigenvalue weighted by atomic mass is 19.1. The first kappa shape index (κ1) is 20.3. The first-order valence-electron chi connectivity index (χ1n) is 10.4. The second-order valence-electron chi connectivity index (χ2n) is 7.97. The van der Waals surface area contributed by atoms with Gasteiger partial charge in [0.15, 0.2) is 0 Å². The van der Waals surface area contributed by atoms with Crippen LogP contribution in [-0.4, -0.2) is 33.7 Å². The Labute approximate surface area is 176 Å². The molecule has 0 bridgehead atoms. The average Bonchev–Trinajstić information content (AvgIpc) is 3.30. The van der Waals surface area contributed by atoms with Crippen LogP contribution in [0.5, 0.6) is 0 Å². The molecular formula is C24H27FN4O. The van der Waals surface area contributed by atoms with Crippen molar-refractivity contribution < 1.29 is 9.18 Å². The van der Waals surface area contributed by atoms with Crippen molar-refractivity contribution in [3.63, 3.8) is 0 Å². The molecule has 0 unspecified atom stereocenters. The fourth-order valence-electron chi connectivity index (χ4n) is 3.87. The smallest absolute Gasteiger partial charge is 0.223 e. The van der Waals surface area contributed by atoms with Gasteiger partial charge in [-0.1, -0.05) is 24.3 Å². The number of amides is 1. The minimum absolute atomic E-state index is 0.0266. The van der Waals surface area contributed by atoms with Gasteiger partial charge >= 0.3 is 0 Å². The van der Waals surface area contributed by atoms with Gasteiger partial charge in [0.1, 0.15) is 5.82 Å². The highest BCUT2D eigenvalue weighted by molar-refractivity contribution is 5.78. The molecule has 30 heavy (non-hydrogen) atoms. The molecule has 0 spiro atoms. The summed E-state index contributed by atoms with van der Waals surface area (Å²) in [6.45, 7) is 4.80. The number of carbonyl (C=O) groups excluding carboxylic acids is 1. The topological polar surface area (TPSA) is 50.2 Å². The Kier molecular flexibility index (Phi) is 6.23. The molecule has 1 amide bonds. The molecule has 0 radical (unpaired) electrons. The van der Waals surface area contributed by atoms with Crippen molar-refractivity contribution in [3.05, 3.63) is 83.4 Å². The number of hydrogen-bond acceptors (Lipinski definition) is 3. The maximum atomic E-state index is 13.7. The van der Waals surface area contributed by atoms with Crippen molar-refractivity contribution in [2.24, 2.45) is 5.92 Å². The van der Waals surface area contributed by atoms with E-state index in [-0.39, 0.29) is 17.6 Å². The number of carbonyl (C=O) groups is 1. The van der Waals surface area contributed by atoms with Crippen LogP contribution in [-0.2, 0) is 17.9 Å². The Morgan fingerprint density at radius 3 is 2.53 bits per heavy atom. The summed E-state index contributed by atoms with van der Waals surface area (Å²) in [5.41, 5.74) is 3.72. The fraction of sp³-hybridized carbons (Fsp3) is 0.333.